The van der Waals surface area contributed by atoms with E-state index >= 15 is 0 Å². The first-order valence-corrected chi connectivity index (χ1v) is 23.1. The van der Waals surface area contributed by atoms with Gasteiger partial charge in [0.2, 0.25) is 0 Å². The van der Waals surface area contributed by atoms with Gasteiger partial charge >= 0.3 is 6.85 Å². The zero-order chi connectivity index (χ0) is 42.8. The van der Waals surface area contributed by atoms with Crippen molar-refractivity contribution in [3.8, 4) is 44.5 Å². The molecule has 2 aliphatic heterocycles. The minimum Gasteiger partial charge on any atom is -0.375 e. The number of fused-ring (bicyclic) bond motifs is 19. The molecule has 0 fully saturated rings. The van der Waals surface area contributed by atoms with Gasteiger partial charge in [-0.1, -0.05) is 175 Å². The molecule has 0 unspecified atom stereocenters. The fourth-order valence-corrected chi connectivity index (χ4v) is 13.8. The van der Waals surface area contributed by atoms with Gasteiger partial charge in [0.05, 0.1) is 0 Å². The van der Waals surface area contributed by atoms with Crippen molar-refractivity contribution in [1.82, 2.24) is 4.48 Å². The Kier molecular flexibility index (Phi) is 6.27. The molecule has 1 aromatic heterocycles. The number of hydrogen-bond donors (Lipinski definition) is 0. The molecule has 0 atom stereocenters. The number of hydrogen-bond acceptors (Lipinski definition) is 1. The van der Waals surface area contributed by atoms with Crippen molar-refractivity contribution >= 4 is 67.4 Å². The molecule has 0 amide bonds. The van der Waals surface area contributed by atoms with E-state index < -0.39 is 0 Å². The van der Waals surface area contributed by atoms with Crippen molar-refractivity contribution in [2.24, 2.45) is 0 Å². The van der Waals surface area contributed by atoms with E-state index in [1.165, 1.54) is 138 Å². The zero-order valence-corrected chi connectivity index (χ0v) is 37.1. The van der Waals surface area contributed by atoms with Crippen molar-refractivity contribution in [1.29, 1.82) is 0 Å². The molecule has 0 saturated heterocycles. The van der Waals surface area contributed by atoms with Crippen LogP contribution in [0.4, 0.5) is 17.1 Å². The maximum absolute atomic E-state index is 2.76. The van der Waals surface area contributed by atoms with Gasteiger partial charge in [-0.2, -0.15) is 0 Å². The summed E-state index contributed by atoms with van der Waals surface area (Å²) in [5.74, 6) is 0. The van der Waals surface area contributed by atoms with E-state index in [4.69, 9.17) is 0 Å². The van der Waals surface area contributed by atoms with Crippen molar-refractivity contribution < 1.29 is 0 Å². The maximum atomic E-state index is 2.76. The van der Waals surface area contributed by atoms with E-state index in [-0.39, 0.29) is 23.1 Å². The van der Waals surface area contributed by atoms with Crippen LogP contribution < -0.4 is 15.8 Å². The van der Waals surface area contributed by atoms with E-state index in [1.807, 2.05) is 0 Å². The third-order valence-corrected chi connectivity index (χ3v) is 16.7. The summed E-state index contributed by atoms with van der Waals surface area (Å²) in [6, 6.07) is 63.5. The number of nitrogens with zero attached hydrogens (tertiary/aromatic N) is 2. The van der Waals surface area contributed by atoms with Gasteiger partial charge in [-0.05, 0) is 124 Å². The highest BCUT2D eigenvalue weighted by molar-refractivity contribution is 6.90. The van der Waals surface area contributed by atoms with Gasteiger partial charge in [-0.3, -0.25) is 0 Å². The number of aromatic nitrogens is 1. The van der Waals surface area contributed by atoms with Crippen LogP contribution in [0.25, 0.3) is 77.1 Å². The summed E-state index contributed by atoms with van der Waals surface area (Å²) < 4.78 is 2.76. The Labute approximate surface area is 374 Å². The zero-order valence-electron chi connectivity index (χ0n) is 37.1. The predicted octanol–water partition coefficient (Wildman–Crippen LogP) is 14.3. The first kappa shape index (κ1) is 35.4. The number of benzene rings is 9. The highest BCUT2D eigenvalue weighted by atomic mass is 15.2. The van der Waals surface area contributed by atoms with Crippen LogP contribution in [0.2, 0.25) is 0 Å². The van der Waals surface area contributed by atoms with Crippen molar-refractivity contribution in [3.05, 3.63) is 197 Å². The summed E-state index contributed by atoms with van der Waals surface area (Å²) in [7, 11) is 0. The minimum absolute atomic E-state index is 0.0592. The van der Waals surface area contributed by atoms with Crippen LogP contribution in [0.3, 0.4) is 0 Å². The third kappa shape index (κ3) is 3.95. The predicted molar refractivity (Wildman–Crippen MR) is 270 cm³/mol. The lowest BCUT2D eigenvalue weighted by Gasteiger charge is -2.44. The van der Waals surface area contributed by atoms with Crippen LogP contribution in [0.15, 0.2) is 164 Å². The normalized spacial score (nSPS) is 16.6. The Hall–Kier alpha value is -7.10. The fraction of sp³-hybridized carbons (Fsp3) is 0.148. The Morgan fingerprint density at radius 1 is 0.422 bits per heavy atom. The molecule has 0 saturated carbocycles. The molecule has 3 aliphatic carbocycles. The topological polar surface area (TPSA) is 8.17 Å². The molecule has 3 heterocycles. The first-order valence-electron chi connectivity index (χ1n) is 23.1. The summed E-state index contributed by atoms with van der Waals surface area (Å²) in [6.07, 6.45) is 0. The molecule has 302 valence electrons. The average molecular weight is 817 g/mol. The van der Waals surface area contributed by atoms with Crippen LogP contribution in [0.1, 0.15) is 74.9 Å². The van der Waals surface area contributed by atoms with Gasteiger partial charge in [0, 0.05) is 60.7 Å². The molecule has 0 bridgehead atoms. The highest BCUT2D eigenvalue weighted by Gasteiger charge is 2.50. The minimum atomic E-state index is -0.255. The number of rotatable bonds is 1. The van der Waals surface area contributed by atoms with E-state index in [0.29, 0.717) is 0 Å². The molecule has 2 nitrogen and oxygen atoms in total. The molecule has 3 heteroatoms. The smallest absolute Gasteiger partial charge is 0.333 e. The van der Waals surface area contributed by atoms with Gasteiger partial charge in [-0.25, -0.2) is 0 Å². The lowest BCUT2D eigenvalue weighted by Crippen LogP contribution is -2.57. The van der Waals surface area contributed by atoms with Crippen LogP contribution >= 0.6 is 0 Å². The second kappa shape index (κ2) is 11.3. The first-order chi connectivity index (χ1) is 31.0. The Bertz CT molecular complexity index is 3840. The summed E-state index contributed by atoms with van der Waals surface area (Å²) in [5, 5.41) is 5.27. The van der Waals surface area contributed by atoms with E-state index in [9.17, 15) is 0 Å². The molecular weight excluding hydrogens is 771 g/mol. The van der Waals surface area contributed by atoms with Gasteiger partial charge in [-0.15, -0.1) is 0 Å². The standard InChI is InChI=1S/C61H45BN2/c1-59(2)46-23-12-9-18-37(46)42-30-35(27-28-49(42)59)63-53-32-43-38-19-10-13-24-47(38)60(3,4)50(43)33-51(53)62-56-45(31-44-39-20-11-14-25-48(39)61(5,6)55(44)58(56)63)40-21-15-22-41-54-36-17-8-7-16-34(36)26-29-52(54)64(62)57(40)41/h7-33H,1-6H3. The summed E-state index contributed by atoms with van der Waals surface area (Å²) in [6.45, 7) is 14.5. The molecule has 0 spiro atoms. The Morgan fingerprint density at radius 3 is 1.77 bits per heavy atom. The van der Waals surface area contributed by atoms with Crippen molar-refractivity contribution in [2.75, 3.05) is 4.90 Å². The summed E-state index contributed by atoms with van der Waals surface area (Å²) >= 11 is 0. The summed E-state index contributed by atoms with van der Waals surface area (Å²) in [5.41, 5.74) is 27.9. The van der Waals surface area contributed by atoms with Gasteiger partial charge < -0.3 is 9.38 Å². The molecule has 9 aromatic carbocycles. The maximum Gasteiger partial charge on any atom is 0.333 e. The summed E-state index contributed by atoms with van der Waals surface area (Å²) in [4.78, 5) is 2.73. The van der Waals surface area contributed by atoms with Gasteiger partial charge in [0.1, 0.15) is 0 Å². The highest BCUT2D eigenvalue weighted by Crippen LogP contribution is 2.60. The Balaban J connectivity index is 1.15. The second-order valence-electron chi connectivity index (χ2n) is 20.8. The quantitative estimate of drug-likeness (QED) is 0.150. The van der Waals surface area contributed by atoms with E-state index in [0.717, 1.165) is 0 Å². The van der Waals surface area contributed by atoms with Crippen LogP contribution in [-0.4, -0.2) is 11.3 Å². The van der Waals surface area contributed by atoms with E-state index in [2.05, 4.69) is 215 Å². The second-order valence-corrected chi connectivity index (χ2v) is 20.8. The number of para-hydroxylation sites is 1. The molecule has 10 aromatic rings. The lowest BCUT2D eigenvalue weighted by molar-refractivity contribution is 0.660. The largest absolute Gasteiger partial charge is 0.375 e. The molecule has 5 aliphatic rings. The van der Waals surface area contributed by atoms with Crippen molar-refractivity contribution in [3.63, 3.8) is 0 Å². The molecule has 0 radical (unpaired) electrons. The Morgan fingerprint density at radius 2 is 1.02 bits per heavy atom. The molecule has 64 heavy (non-hydrogen) atoms. The van der Waals surface area contributed by atoms with Crippen LogP contribution in [0.5, 0.6) is 0 Å². The molecule has 0 N–H and O–H groups in total. The average Bonchev–Trinajstić information content (AvgIpc) is 3.94. The fourth-order valence-electron chi connectivity index (χ4n) is 13.8. The SMILES string of the molecule is CC1(C)c2ccccc2-c2cc(N3c4cc5c(cc4B4c6c(cc7c(c63)C(C)(C)c3ccccc3-7)-c3cccc6c7c8ccccc8ccc7n4c36)C(C)(C)c3ccccc3-5)ccc21. The van der Waals surface area contributed by atoms with Gasteiger partial charge in [0.15, 0.2) is 0 Å². The number of anilines is 3. The van der Waals surface area contributed by atoms with Crippen molar-refractivity contribution in [2.45, 2.75) is 57.8 Å². The lowest BCUT2D eigenvalue weighted by atomic mass is 9.44. The van der Waals surface area contributed by atoms with Gasteiger partial charge in [0.25, 0.3) is 0 Å². The molecular formula is C61H45BN2. The van der Waals surface area contributed by atoms with Crippen LogP contribution in [0, 0.1) is 0 Å². The van der Waals surface area contributed by atoms with Crippen LogP contribution in [-0.2, 0) is 16.2 Å². The monoisotopic (exact) mass is 816 g/mol. The van der Waals surface area contributed by atoms with E-state index in [1.54, 1.807) is 0 Å². The third-order valence-electron chi connectivity index (χ3n) is 16.7. The molecule has 15 rings (SSSR count).